The van der Waals surface area contributed by atoms with Crippen LogP contribution in [0.1, 0.15) is 100 Å². The van der Waals surface area contributed by atoms with Crippen LogP contribution in [0.4, 0.5) is 22.9 Å². The highest BCUT2D eigenvalue weighted by molar-refractivity contribution is 6.00. The molecular formula is C38H57N5O2. The van der Waals surface area contributed by atoms with Gasteiger partial charge in [-0.3, -0.25) is 14.5 Å². The van der Waals surface area contributed by atoms with Gasteiger partial charge < -0.3 is 15.1 Å². The highest BCUT2D eigenvalue weighted by atomic mass is 16.2. The predicted octanol–water partition coefficient (Wildman–Crippen LogP) is 9.38. The van der Waals surface area contributed by atoms with E-state index >= 15 is 0 Å². The number of anilines is 4. The molecule has 1 N–H and O–H groups in total. The summed E-state index contributed by atoms with van der Waals surface area (Å²) in [6.07, 6.45) is 5.95. The molecule has 0 radical (unpaired) electrons. The Morgan fingerprint density at radius 3 is 2.16 bits per heavy atom. The maximum atomic E-state index is 13.2. The third-order valence-electron chi connectivity index (χ3n) is 7.06. The third-order valence-corrected chi connectivity index (χ3v) is 7.06. The van der Waals surface area contributed by atoms with Crippen molar-refractivity contribution in [2.24, 2.45) is 0 Å². The Bertz CT molecular complexity index is 1350. The zero-order chi connectivity index (χ0) is 33.9. The van der Waals surface area contributed by atoms with Gasteiger partial charge in [-0.1, -0.05) is 79.7 Å². The van der Waals surface area contributed by atoms with Gasteiger partial charge in [0.2, 0.25) is 0 Å². The smallest absolute Gasteiger partial charge is 0.253 e. The van der Waals surface area contributed by atoms with E-state index in [0.717, 1.165) is 67.3 Å². The average Bonchev–Trinajstić information content (AvgIpc) is 3.08. The van der Waals surface area contributed by atoms with Gasteiger partial charge >= 0.3 is 0 Å². The first-order chi connectivity index (χ1) is 21.7. The first kappa shape index (κ1) is 39.1. The lowest BCUT2D eigenvalue weighted by Crippen LogP contribution is -2.48. The van der Waals surface area contributed by atoms with E-state index in [9.17, 15) is 9.59 Å². The second-order valence-electron chi connectivity index (χ2n) is 10.5. The predicted molar refractivity (Wildman–Crippen MR) is 195 cm³/mol. The molecule has 2 aromatic carbocycles. The van der Waals surface area contributed by atoms with Gasteiger partial charge in [0.15, 0.2) is 5.78 Å². The van der Waals surface area contributed by atoms with Gasteiger partial charge in [-0.05, 0) is 68.3 Å². The molecule has 1 aliphatic heterocycles. The minimum Gasteiger partial charge on any atom is -0.344 e. The van der Waals surface area contributed by atoms with E-state index in [0.29, 0.717) is 16.9 Å². The summed E-state index contributed by atoms with van der Waals surface area (Å²) in [6.45, 7) is 26.4. The second-order valence-corrected chi connectivity index (χ2v) is 10.5. The van der Waals surface area contributed by atoms with E-state index in [1.54, 1.807) is 13.0 Å². The van der Waals surface area contributed by atoms with E-state index in [4.69, 9.17) is 0 Å². The standard InChI is InChI=1S/C31H37N5O2.C3H8.2C2H6/c1-6-14-35-15-17-36(18-16-35)31(38)25-12-13-27(24(7-2)19-25)33-30-20-29(22(3)21-32-30)34(5)28-11-9-8-10-26(28)23(4)37;1-3-2;2*1-2/h7-13,19-21H,2,6,14-18H2,1,3-5H3,(H,32,33);3H2,1-2H3;2*1-2H3. The van der Waals surface area contributed by atoms with Crippen LogP contribution >= 0.6 is 0 Å². The second kappa shape index (κ2) is 20.9. The average molecular weight is 616 g/mol. The van der Waals surface area contributed by atoms with E-state index in [2.05, 4.69) is 42.6 Å². The monoisotopic (exact) mass is 615 g/mol. The number of aromatic nitrogens is 1. The zero-order valence-corrected chi connectivity index (χ0v) is 29.5. The summed E-state index contributed by atoms with van der Waals surface area (Å²) in [6, 6.07) is 15.2. The molecule has 0 unspecified atom stereocenters. The summed E-state index contributed by atoms with van der Waals surface area (Å²) >= 11 is 0. The molecule has 0 atom stereocenters. The molecule has 1 aliphatic rings. The number of rotatable bonds is 9. The Morgan fingerprint density at radius 1 is 0.956 bits per heavy atom. The first-order valence-corrected chi connectivity index (χ1v) is 16.6. The molecule has 1 fully saturated rings. The first-order valence-electron chi connectivity index (χ1n) is 16.6. The minimum atomic E-state index is 0.0191. The van der Waals surface area contributed by atoms with Gasteiger partial charge in [-0.2, -0.15) is 0 Å². The summed E-state index contributed by atoms with van der Waals surface area (Å²) < 4.78 is 0. The molecule has 0 bridgehead atoms. The molecule has 4 rings (SSSR count). The Labute approximate surface area is 273 Å². The molecule has 1 saturated heterocycles. The lowest BCUT2D eigenvalue weighted by Gasteiger charge is -2.34. The van der Waals surface area contributed by atoms with E-state index < -0.39 is 0 Å². The summed E-state index contributed by atoms with van der Waals surface area (Å²) in [5.74, 6) is 0.731. The summed E-state index contributed by atoms with van der Waals surface area (Å²) in [5, 5.41) is 3.39. The number of hydrogen-bond donors (Lipinski definition) is 1. The molecule has 0 aliphatic carbocycles. The number of nitrogens with zero attached hydrogens (tertiary/aromatic N) is 4. The van der Waals surface area contributed by atoms with Crippen LogP contribution in [0.2, 0.25) is 0 Å². The maximum Gasteiger partial charge on any atom is 0.253 e. The number of amides is 1. The fourth-order valence-corrected chi connectivity index (χ4v) is 4.93. The Kier molecular flexibility index (Phi) is 18.1. The fourth-order valence-electron chi connectivity index (χ4n) is 4.93. The van der Waals surface area contributed by atoms with Gasteiger partial charge in [0.05, 0.1) is 5.69 Å². The molecule has 3 aromatic rings. The third kappa shape index (κ3) is 11.2. The Hall–Kier alpha value is -3.97. The molecule has 0 spiro atoms. The van der Waals surface area contributed by atoms with Crippen LogP contribution in [-0.2, 0) is 0 Å². The van der Waals surface area contributed by atoms with E-state index in [1.165, 1.54) is 6.42 Å². The number of hydrogen-bond acceptors (Lipinski definition) is 6. The largest absolute Gasteiger partial charge is 0.344 e. The van der Waals surface area contributed by atoms with Gasteiger partial charge in [0.1, 0.15) is 5.82 Å². The molecule has 2 heterocycles. The summed E-state index contributed by atoms with van der Waals surface area (Å²) in [5.41, 5.74) is 5.74. The number of ketones is 1. The van der Waals surface area contributed by atoms with Crippen LogP contribution in [0, 0.1) is 6.92 Å². The van der Waals surface area contributed by atoms with Crippen LogP contribution in [-0.4, -0.2) is 66.2 Å². The van der Waals surface area contributed by atoms with Crippen molar-refractivity contribution in [3.8, 4) is 0 Å². The van der Waals surface area contributed by atoms with Gasteiger partial charge in [-0.15, -0.1) is 0 Å². The number of piperazine rings is 1. The maximum absolute atomic E-state index is 13.2. The van der Waals surface area contributed by atoms with Crippen molar-refractivity contribution in [1.82, 2.24) is 14.8 Å². The Balaban J connectivity index is 0.00000134. The van der Waals surface area contributed by atoms with Crippen LogP contribution in [0.3, 0.4) is 0 Å². The fraction of sp³-hybridized carbons (Fsp3) is 0.447. The topological polar surface area (TPSA) is 68.8 Å². The lowest BCUT2D eigenvalue weighted by atomic mass is 10.1. The molecule has 1 amide bonds. The molecule has 7 nitrogen and oxygen atoms in total. The molecule has 45 heavy (non-hydrogen) atoms. The van der Waals surface area contributed by atoms with Crippen molar-refractivity contribution < 1.29 is 9.59 Å². The molecule has 246 valence electrons. The van der Waals surface area contributed by atoms with Crippen molar-refractivity contribution in [1.29, 1.82) is 0 Å². The van der Waals surface area contributed by atoms with Gasteiger partial charge in [0.25, 0.3) is 5.91 Å². The molecular weight excluding hydrogens is 558 g/mol. The quantitative estimate of drug-likeness (QED) is 0.242. The lowest BCUT2D eigenvalue weighted by molar-refractivity contribution is 0.0637. The number of carbonyl (C=O) groups is 2. The number of para-hydroxylation sites is 1. The van der Waals surface area contributed by atoms with E-state index in [-0.39, 0.29) is 11.7 Å². The van der Waals surface area contributed by atoms with Gasteiger partial charge in [0, 0.05) is 68.0 Å². The van der Waals surface area contributed by atoms with Crippen molar-refractivity contribution in [3.05, 3.63) is 83.6 Å². The van der Waals surface area contributed by atoms with Crippen molar-refractivity contribution >= 4 is 40.6 Å². The van der Waals surface area contributed by atoms with Crippen LogP contribution in [0.25, 0.3) is 6.08 Å². The SMILES string of the molecule is C=Cc1cc(C(=O)N2CCN(CCC)CC2)ccc1Nc1cc(N(C)c2ccccc2C(C)=O)c(C)cn1.CC.CC.CCC. The normalized spacial score (nSPS) is 12.3. The summed E-state index contributed by atoms with van der Waals surface area (Å²) in [7, 11) is 1.95. The van der Waals surface area contributed by atoms with Crippen molar-refractivity contribution in [2.45, 2.75) is 75.2 Å². The number of Topliss-reactive ketones (excluding diaryl/α,β-unsaturated/α-hetero) is 1. The Morgan fingerprint density at radius 2 is 1.58 bits per heavy atom. The highest BCUT2D eigenvalue weighted by Crippen LogP contribution is 2.32. The van der Waals surface area contributed by atoms with Gasteiger partial charge in [-0.25, -0.2) is 4.98 Å². The number of carbonyl (C=O) groups excluding carboxylic acids is 2. The molecule has 0 saturated carbocycles. The highest BCUT2D eigenvalue weighted by Gasteiger charge is 2.22. The van der Waals surface area contributed by atoms with Crippen molar-refractivity contribution in [3.63, 3.8) is 0 Å². The van der Waals surface area contributed by atoms with Crippen LogP contribution < -0.4 is 10.2 Å². The minimum absolute atomic E-state index is 0.0191. The van der Waals surface area contributed by atoms with Crippen molar-refractivity contribution in [2.75, 3.05) is 50.0 Å². The number of aryl methyl sites for hydroxylation is 1. The molecule has 7 heteroatoms. The number of pyridine rings is 1. The van der Waals surface area contributed by atoms with Crippen LogP contribution in [0.15, 0.2) is 61.3 Å². The van der Waals surface area contributed by atoms with Crippen LogP contribution in [0.5, 0.6) is 0 Å². The zero-order valence-electron chi connectivity index (χ0n) is 29.5. The van der Waals surface area contributed by atoms with E-state index in [1.807, 2.05) is 106 Å². The molecule has 1 aromatic heterocycles. The summed E-state index contributed by atoms with van der Waals surface area (Å²) in [4.78, 5) is 36.3. The number of nitrogens with one attached hydrogen (secondary N) is 1. The number of benzene rings is 2.